The molecule has 0 heterocycles. The molecule has 0 bridgehead atoms. The molecule has 2 aromatic carbocycles. The monoisotopic (exact) mass is 287 g/mol. The normalized spacial score (nSPS) is 10.2. The first-order chi connectivity index (χ1) is 9.69. The van der Waals surface area contributed by atoms with Gasteiger partial charge in [0.1, 0.15) is 0 Å². The lowest BCUT2D eigenvalue weighted by Gasteiger charge is -2.04. The van der Waals surface area contributed by atoms with Crippen LogP contribution in [0.15, 0.2) is 48.5 Å². The molecule has 104 valence electrons. The van der Waals surface area contributed by atoms with Crippen LogP contribution < -0.4 is 5.73 Å². The van der Waals surface area contributed by atoms with Gasteiger partial charge in [-0.25, -0.2) is 4.79 Å². The van der Waals surface area contributed by atoms with E-state index in [1.807, 2.05) is 48.2 Å². The standard InChI is InChI=1S/C16H17NO2S/c1-19-16(18)14-6-2-12(3-7-14)10-20-11-13-4-8-15(17)9-5-13/h2-9H,10-11,17H2,1H3. The maximum Gasteiger partial charge on any atom is 0.337 e. The Kier molecular flexibility index (Phi) is 5.07. The Bertz CT molecular complexity index is 564. The van der Waals surface area contributed by atoms with Crippen molar-refractivity contribution in [3.63, 3.8) is 0 Å². The van der Waals surface area contributed by atoms with Crippen LogP contribution in [-0.4, -0.2) is 13.1 Å². The van der Waals surface area contributed by atoms with Gasteiger partial charge >= 0.3 is 5.97 Å². The van der Waals surface area contributed by atoms with Gasteiger partial charge in [0.05, 0.1) is 12.7 Å². The van der Waals surface area contributed by atoms with Crippen molar-refractivity contribution < 1.29 is 9.53 Å². The fourth-order valence-corrected chi connectivity index (χ4v) is 2.71. The summed E-state index contributed by atoms with van der Waals surface area (Å²) in [6.07, 6.45) is 0. The van der Waals surface area contributed by atoms with Gasteiger partial charge < -0.3 is 10.5 Å². The second-order valence-electron chi connectivity index (χ2n) is 4.42. The lowest BCUT2D eigenvalue weighted by atomic mass is 10.1. The summed E-state index contributed by atoms with van der Waals surface area (Å²) in [5, 5.41) is 0. The fraction of sp³-hybridized carbons (Fsp3) is 0.188. The maximum atomic E-state index is 11.3. The van der Waals surface area contributed by atoms with Crippen molar-refractivity contribution in [3.8, 4) is 0 Å². The highest BCUT2D eigenvalue weighted by Gasteiger charge is 2.04. The largest absolute Gasteiger partial charge is 0.465 e. The van der Waals surface area contributed by atoms with Crippen molar-refractivity contribution in [2.45, 2.75) is 11.5 Å². The zero-order chi connectivity index (χ0) is 14.4. The molecule has 0 saturated heterocycles. The lowest BCUT2D eigenvalue weighted by Crippen LogP contribution is -2.00. The maximum absolute atomic E-state index is 11.3. The fourth-order valence-electron chi connectivity index (χ4n) is 1.76. The molecule has 3 nitrogen and oxygen atoms in total. The van der Waals surface area contributed by atoms with Gasteiger partial charge in [-0.3, -0.25) is 0 Å². The minimum Gasteiger partial charge on any atom is -0.465 e. The number of benzene rings is 2. The smallest absolute Gasteiger partial charge is 0.337 e. The Hall–Kier alpha value is -1.94. The molecule has 20 heavy (non-hydrogen) atoms. The summed E-state index contributed by atoms with van der Waals surface area (Å²) in [6.45, 7) is 0. The number of thioether (sulfide) groups is 1. The summed E-state index contributed by atoms with van der Waals surface area (Å²) in [7, 11) is 1.39. The van der Waals surface area contributed by atoms with Crippen LogP contribution in [0.25, 0.3) is 0 Å². The summed E-state index contributed by atoms with van der Waals surface area (Å²) in [5.41, 5.74) is 9.48. The number of ether oxygens (including phenoxy) is 1. The van der Waals surface area contributed by atoms with Gasteiger partial charge in [0.15, 0.2) is 0 Å². The van der Waals surface area contributed by atoms with E-state index in [1.54, 1.807) is 12.1 Å². The van der Waals surface area contributed by atoms with Gasteiger partial charge in [-0.1, -0.05) is 24.3 Å². The van der Waals surface area contributed by atoms with E-state index in [2.05, 4.69) is 4.74 Å². The van der Waals surface area contributed by atoms with E-state index in [0.29, 0.717) is 5.56 Å². The number of hydrogen-bond acceptors (Lipinski definition) is 4. The predicted octanol–water partition coefficient (Wildman–Crippen LogP) is 3.49. The number of methoxy groups -OCH3 is 1. The number of nitrogen functional groups attached to an aromatic ring is 1. The third-order valence-electron chi connectivity index (χ3n) is 2.89. The van der Waals surface area contributed by atoms with E-state index in [-0.39, 0.29) is 5.97 Å². The molecule has 0 unspecified atom stereocenters. The third-order valence-corrected chi connectivity index (χ3v) is 3.97. The van der Waals surface area contributed by atoms with Crippen molar-refractivity contribution in [2.75, 3.05) is 12.8 Å². The van der Waals surface area contributed by atoms with E-state index >= 15 is 0 Å². The van der Waals surface area contributed by atoms with Gasteiger partial charge in [0, 0.05) is 17.2 Å². The average molecular weight is 287 g/mol. The number of carbonyl (C=O) groups excluding carboxylic acids is 1. The Morgan fingerprint density at radius 1 is 1.00 bits per heavy atom. The highest BCUT2D eigenvalue weighted by Crippen LogP contribution is 2.19. The molecule has 0 atom stereocenters. The van der Waals surface area contributed by atoms with E-state index in [9.17, 15) is 4.79 Å². The highest BCUT2D eigenvalue weighted by molar-refractivity contribution is 7.97. The quantitative estimate of drug-likeness (QED) is 0.675. The average Bonchev–Trinajstić information content (AvgIpc) is 2.49. The van der Waals surface area contributed by atoms with Crippen molar-refractivity contribution in [1.29, 1.82) is 0 Å². The molecule has 2 rings (SSSR count). The van der Waals surface area contributed by atoms with Gasteiger partial charge in [-0.15, -0.1) is 0 Å². The molecule has 2 N–H and O–H groups in total. The number of nitrogens with two attached hydrogens (primary N) is 1. The molecule has 0 aliphatic carbocycles. The van der Waals surface area contributed by atoms with Crippen molar-refractivity contribution in [2.24, 2.45) is 0 Å². The second-order valence-corrected chi connectivity index (χ2v) is 5.41. The third kappa shape index (κ3) is 4.03. The summed E-state index contributed by atoms with van der Waals surface area (Å²) >= 11 is 1.83. The molecular formula is C16H17NO2S. The van der Waals surface area contributed by atoms with Crippen LogP contribution >= 0.6 is 11.8 Å². The zero-order valence-corrected chi connectivity index (χ0v) is 12.2. The molecular weight excluding hydrogens is 270 g/mol. The summed E-state index contributed by atoms with van der Waals surface area (Å²) in [4.78, 5) is 11.3. The highest BCUT2D eigenvalue weighted by atomic mass is 32.2. The Balaban J connectivity index is 1.85. The molecule has 0 radical (unpaired) electrons. The SMILES string of the molecule is COC(=O)c1ccc(CSCc2ccc(N)cc2)cc1. The Labute approximate surface area is 123 Å². The Morgan fingerprint density at radius 2 is 1.50 bits per heavy atom. The summed E-state index contributed by atoms with van der Waals surface area (Å²) in [6, 6.07) is 15.4. The van der Waals surface area contributed by atoms with Crippen LogP contribution in [0.1, 0.15) is 21.5 Å². The van der Waals surface area contributed by atoms with Crippen molar-refractivity contribution >= 4 is 23.4 Å². The number of hydrogen-bond donors (Lipinski definition) is 1. The Morgan fingerprint density at radius 3 is 2.00 bits per heavy atom. The van der Waals surface area contributed by atoms with Crippen LogP contribution in [0.4, 0.5) is 5.69 Å². The van der Waals surface area contributed by atoms with Gasteiger partial charge in [0.25, 0.3) is 0 Å². The number of anilines is 1. The van der Waals surface area contributed by atoms with E-state index < -0.39 is 0 Å². The van der Waals surface area contributed by atoms with Crippen LogP contribution in [0.3, 0.4) is 0 Å². The van der Waals surface area contributed by atoms with Crippen LogP contribution in [0, 0.1) is 0 Å². The number of rotatable bonds is 5. The van der Waals surface area contributed by atoms with E-state index in [4.69, 9.17) is 5.73 Å². The molecule has 4 heteroatoms. The summed E-state index contributed by atoms with van der Waals surface area (Å²) in [5.74, 6) is 1.55. The molecule has 2 aromatic rings. The number of esters is 1. The van der Waals surface area contributed by atoms with E-state index in [1.165, 1.54) is 18.2 Å². The molecule has 0 aromatic heterocycles. The second kappa shape index (κ2) is 7.01. The van der Waals surface area contributed by atoms with E-state index in [0.717, 1.165) is 17.2 Å². The first-order valence-corrected chi connectivity index (χ1v) is 7.44. The summed E-state index contributed by atoms with van der Waals surface area (Å²) < 4.78 is 4.67. The first kappa shape index (κ1) is 14.5. The predicted molar refractivity (Wildman–Crippen MR) is 83.6 cm³/mol. The van der Waals surface area contributed by atoms with Crippen LogP contribution in [-0.2, 0) is 16.2 Å². The van der Waals surface area contributed by atoms with Gasteiger partial charge in [-0.05, 0) is 35.4 Å². The molecule has 0 amide bonds. The number of carbonyl (C=O) groups is 1. The van der Waals surface area contributed by atoms with Crippen molar-refractivity contribution in [3.05, 3.63) is 65.2 Å². The van der Waals surface area contributed by atoms with Crippen LogP contribution in [0.2, 0.25) is 0 Å². The van der Waals surface area contributed by atoms with Crippen molar-refractivity contribution in [1.82, 2.24) is 0 Å². The molecule has 0 saturated carbocycles. The molecule has 0 aliphatic heterocycles. The molecule has 0 aliphatic rings. The first-order valence-electron chi connectivity index (χ1n) is 6.28. The topological polar surface area (TPSA) is 52.3 Å². The molecule has 0 spiro atoms. The van der Waals surface area contributed by atoms with Gasteiger partial charge in [-0.2, -0.15) is 11.8 Å². The van der Waals surface area contributed by atoms with Gasteiger partial charge in [0.2, 0.25) is 0 Å². The molecule has 0 fully saturated rings. The van der Waals surface area contributed by atoms with Crippen LogP contribution in [0.5, 0.6) is 0 Å². The lowest BCUT2D eigenvalue weighted by molar-refractivity contribution is 0.0600. The zero-order valence-electron chi connectivity index (χ0n) is 11.3. The minimum atomic E-state index is -0.300. The minimum absolute atomic E-state index is 0.300.